The molecule has 3 aromatic carbocycles. The predicted octanol–water partition coefficient (Wildman–Crippen LogP) is 6.99. The Balaban J connectivity index is 1.65. The summed E-state index contributed by atoms with van der Waals surface area (Å²) in [7, 11) is -3.98. The Bertz CT molecular complexity index is 1640. The third kappa shape index (κ3) is 7.48. The Morgan fingerprint density at radius 1 is 0.881 bits per heavy atom. The first-order chi connectivity index (χ1) is 19.7. The van der Waals surface area contributed by atoms with Gasteiger partial charge in [0.2, 0.25) is 15.9 Å². The fourth-order valence-corrected chi connectivity index (χ4v) is 6.06. The molecular weight excluding hydrogens is 568 g/mol. The molecule has 7 nitrogen and oxygen atoms in total. The van der Waals surface area contributed by atoms with Crippen molar-refractivity contribution in [3.05, 3.63) is 107 Å². The van der Waals surface area contributed by atoms with Gasteiger partial charge in [-0.05, 0) is 47.2 Å². The molecule has 1 heterocycles. The molecule has 0 atom stereocenters. The molecule has 0 spiro atoms. The standard InChI is InChI=1S/C33H39ClN4O3S/c1-32(2,3)25-16-18-26(19-17-25)42(40,41)37(21-20-24-12-8-7-9-13-24)23-31(39)35-30-22-29(33(4,5)6)36-38(30)28-15-11-10-14-27(28)34/h7-19,22H,20-21,23H2,1-6H3,(H,35,39). The van der Waals surface area contributed by atoms with Crippen molar-refractivity contribution >= 4 is 33.3 Å². The topological polar surface area (TPSA) is 84.3 Å². The zero-order chi connectivity index (χ0) is 30.7. The summed E-state index contributed by atoms with van der Waals surface area (Å²) >= 11 is 6.48. The molecule has 0 aliphatic carbocycles. The van der Waals surface area contributed by atoms with Gasteiger partial charge in [0.15, 0.2) is 0 Å². The molecule has 222 valence electrons. The van der Waals surface area contributed by atoms with Gasteiger partial charge < -0.3 is 5.32 Å². The number of nitrogens with zero attached hydrogens (tertiary/aromatic N) is 3. The Kier molecular flexibility index (Phi) is 9.30. The minimum atomic E-state index is -3.98. The van der Waals surface area contributed by atoms with E-state index >= 15 is 0 Å². The molecular formula is C33H39ClN4O3S. The van der Waals surface area contributed by atoms with Crippen molar-refractivity contribution in [1.29, 1.82) is 0 Å². The van der Waals surface area contributed by atoms with Crippen LogP contribution in [0.25, 0.3) is 5.69 Å². The van der Waals surface area contributed by atoms with Crippen molar-refractivity contribution in [2.24, 2.45) is 0 Å². The molecule has 1 amide bonds. The second-order valence-corrected chi connectivity index (χ2v) is 14.8. The zero-order valence-electron chi connectivity index (χ0n) is 25.1. The van der Waals surface area contributed by atoms with Crippen LogP contribution in [0.3, 0.4) is 0 Å². The largest absolute Gasteiger partial charge is 0.309 e. The molecule has 9 heteroatoms. The SMILES string of the molecule is CC(C)(C)c1ccc(S(=O)(=O)N(CCc2ccccc2)CC(=O)Nc2cc(C(C)(C)C)nn2-c2ccccc2Cl)cc1. The van der Waals surface area contributed by atoms with E-state index in [4.69, 9.17) is 16.7 Å². The van der Waals surface area contributed by atoms with Crippen LogP contribution in [0, 0.1) is 0 Å². The summed E-state index contributed by atoms with van der Waals surface area (Å²) < 4.78 is 30.6. The number of anilines is 1. The van der Waals surface area contributed by atoms with E-state index in [1.807, 2.05) is 81.4 Å². The number of hydrogen-bond acceptors (Lipinski definition) is 4. The molecule has 1 aromatic heterocycles. The summed E-state index contributed by atoms with van der Waals surface area (Å²) in [6.07, 6.45) is 0.457. The molecule has 42 heavy (non-hydrogen) atoms. The van der Waals surface area contributed by atoms with Gasteiger partial charge in [0.1, 0.15) is 5.82 Å². The molecule has 0 radical (unpaired) electrons. The maximum absolute atomic E-state index is 13.9. The van der Waals surface area contributed by atoms with Crippen LogP contribution in [0.1, 0.15) is 58.4 Å². The quantitative estimate of drug-likeness (QED) is 0.222. The normalized spacial score (nSPS) is 12.5. The number of nitrogens with one attached hydrogen (secondary N) is 1. The predicted molar refractivity (Wildman–Crippen MR) is 170 cm³/mol. The van der Waals surface area contributed by atoms with Crippen LogP contribution >= 0.6 is 11.6 Å². The van der Waals surface area contributed by atoms with Gasteiger partial charge in [0.25, 0.3) is 0 Å². The second kappa shape index (κ2) is 12.4. The lowest BCUT2D eigenvalue weighted by Crippen LogP contribution is -2.39. The Labute approximate surface area is 254 Å². The minimum absolute atomic E-state index is 0.119. The molecule has 0 bridgehead atoms. The lowest BCUT2D eigenvalue weighted by molar-refractivity contribution is -0.116. The van der Waals surface area contributed by atoms with Crippen molar-refractivity contribution in [3.63, 3.8) is 0 Å². The lowest BCUT2D eigenvalue weighted by atomic mass is 9.87. The Morgan fingerprint density at radius 3 is 2.10 bits per heavy atom. The number of hydrogen-bond donors (Lipinski definition) is 1. The van der Waals surface area contributed by atoms with Gasteiger partial charge in [-0.2, -0.15) is 9.40 Å². The smallest absolute Gasteiger partial charge is 0.243 e. The van der Waals surface area contributed by atoms with E-state index in [9.17, 15) is 13.2 Å². The molecule has 0 unspecified atom stereocenters. The fraction of sp³-hybridized carbons (Fsp3) is 0.333. The summed E-state index contributed by atoms with van der Waals surface area (Å²) in [4.78, 5) is 13.7. The molecule has 0 fully saturated rings. The number of halogens is 1. The van der Waals surface area contributed by atoms with Crippen LogP contribution in [0.15, 0.2) is 89.8 Å². The summed E-state index contributed by atoms with van der Waals surface area (Å²) in [5.74, 6) is -0.0698. The lowest BCUT2D eigenvalue weighted by Gasteiger charge is -2.23. The van der Waals surface area contributed by atoms with E-state index in [0.29, 0.717) is 22.9 Å². The van der Waals surface area contributed by atoms with Crippen molar-refractivity contribution in [1.82, 2.24) is 14.1 Å². The van der Waals surface area contributed by atoms with Crippen molar-refractivity contribution in [3.8, 4) is 5.69 Å². The van der Waals surface area contributed by atoms with Crippen LogP contribution in [0.2, 0.25) is 5.02 Å². The van der Waals surface area contributed by atoms with Gasteiger partial charge in [0.05, 0.1) is 27.8 Å². The summed E-state index contributed by atoms with van der Waals surface area (Å²) in [5.41, 5.74) is 2.95. The van der Waals surface area contributed by atoms with Gasteiger partial charge in [0, 0.05) is 18.0 Å². The molecule has 1 N–H and O–H groups in total. The maximum atomic E-state index is 13.9. The van der Waals surface area contributed by atoms with Gasteiger partial charge in [-0.3, -0.25) is 4.79 Å². The third-order valence-corrected chi connectivity index (χ3v) is 9.18. The van der Waals surface area contributed by atoms with Crippen LogP contribution in [0.4, 0.5) is 5.82 Å². The average Bonchev–Trinajstić information content (AvgIpc) is 3.35. The molecule has 4 aromatic rings. The van der Waals surface area contributed by atoms with Crippen molar-refractivity contribution in [2.45, 2.75) is 63.7 Å². The van der Waals surface area contributed by atoms with E-state index in [-0.39, 0.29) is 28.8 Å². The number of aromatic nitrogens is 2. The summed E-state index contributed by atoms with van der Waals surface area (Å²) in [6.45, 7) is 12.1. The highest BCUT2D eigenvalue weighted by molar-refractivity contribution is 7.89. The number of carbonyl (C=O) groups excluding carboxylic acids is 1. The molecule has 0 aliphatic heterocycles. The number of rotatable bonds is 9. The van der Waals surface area contributed by atoms with Crippen LogP contribution in [-0.2, 0) is 32.1 Å². The fourth-order valence-electron chi connectivity index (χ4n) is 4.45. The van der Waals surface area contributed by atoms with Crippen molar-refractivity contribution in [2.75, 3.05) is 18.4 Å². The van der Waals surface area contributed by atoms with Crippen LogP contribution in [0.5, 0.6) is 0 Å². The third-order valence-electron chi connectivity index (χ3n) is 7.00. The number of benzene rings is 3. The van der Waals surface area contributed by atoms with Gasteiger partial charge in [-0.1, -0.05) is 108 Å². The number of sulfonamides is 1. The van der Waals surface area contributed by atoms with Crippen LogP contribution < -0.4 is 5.32 Å². The summed E-state index contributed by atoms with van der Waals surface area (Å²) in [5, 5.41) is 8.11. The van der Waals surface area contributed by atoms with Crippen molar-refractivity contribution < 1.29 is 13.2 Å². The Morgan fingerprint density at radius 2 is 1.50 bits per heavy atom. The second-order valence-electron chi connectivity index (χ2n) is 12.4. The average molecular weight is 607 g/mol. The van der Waals surface area contributed by atoms with Gasteiger partial charge in [-0.15, -0.1) is 0 Å². The highest BCUT2D eigenvalue weighted by atomic mass is 35.5. The highest BCUT2D eigenvalue weighted by Gasteiger charge is 2.28. The first kappa shape index (κ1) is 31.5. The van der Waals surface area contributed by atoms with E-state index in [1.54, 1.807) is 28.9 Å². The maximum Gasteiger partial charge on any atom is 0.243 e. The van der Waals surface area contributed by atoms with E-state index < -0.39 is 15.9 Å². The molecule has 0 saturated heterocycles. The van der Waals surface area contributed by atoms with E-state index in [0.717, 1.165) is 16.8 Å². The molecule has 0 saturated carbocycles. The molecule has 0 aliphatic rings. The number of carbonyl (C=O) groups is 1. The zero-order valence-corrected chi connectivity index (χ0v) is 26.6. The Hall–Kier alpha value is -3.46. The number of amides is 1. The van der Waals surface area contributed by atoms with E-state index in [2.05, 4.69) is 26.1 Å². The first-order valence-electron chi connectivity index (χ1n) is 14.0. The number of para-hydroxylation sites is 1. The van der Waals surface area contributed by atoms with Gasteiger partial charge in [-0.25, -0.2) is 13.1 Å². The van der Waals surface area contributed by atoms with E-state index in [1.165, 1.54) is 4.31 Å². The highest BCUT2D eigenvalue weighted by Crippen LogP contribution is 2.29. The van der Waals surface area contributed by atoms with Gasteiger partial charge >= 0.3 is 0 Å². The monoisotopic (exact) mass is 606 g/mol. The molecule has 4 rings (SSSR count). The van der Waals surface area contributed by atoms with Crippen LogP contribution in [-0.4, -0.2) is 41.5 Å². The first-order valence-corrected chi connectivity index (χ1v) is 15.8. The minimum Gasteiger partial charge on any atom is -0.309 e. The summed E-state index contributed by atoms with van der Waals surface area (Å²) in [6, 6.07) is 25.6.